The summed E-state index contributed by atoms with van der Waals surface area (Å²) < 4.78 is 12.2. The molecule has 8 nitrogen and oxygen atoms in total. The number of aryl methyl sites for hydroxylation is 1. The minimum atomic E-state index is -0.324. The van der Waals surface area contributed by atoms with Gasteiger partial charge in [0.25, 0.3) is 0 Å². The smallest absolute Gasteiger partial charge is 0.307 e. The first-order valence-electron chi connectivity index (χ1n) is 9.83. The van der Waals surface area contributed by atoms with Crippen LogP contribution >= 0.6 is 41.9 Å². The number of halogens is 2. The summed E-state index contributed by atoms with van der Waals surface area (Å²) in [6, 6.07) is 1.59. The molecule has 0 aliphatic heterocycles. The lowest BCUT2D eigenvalue weighted by molar-refractivity contribution is -0.140. The molecule has 3 aromatic rings. The average Bonchev–Trinajstić information content (AvgIpc) is 3.14. The van der Waals surface area contributed by atoms with Crippen LogP contribution in [0.1, 0.15) is 32.9 Å². The van der Waals surface area contributed by atoms with Crippen molar-refractivity contribution in [3.63, 3.8) is 0 Å². The number of carbonyl (C=O) groups is 1. The van der Waals surface area contributed by atoms with E-state index in [4.69, 9.17) is 21.1 Å². The Kier molecular flexibility index (Phi) is 10.0. The average molecular weight is 590 g/mol. The zero-order valence-corrected chi connectivity index (χ0v) is 22.2. The molecule has 0 saturated heterocycles. The number of aromatic nitrogens is 4. The van der Waals surface area contributed by atoms with Gasteiger partial charge in [-0.3, -0.25) is 8.77 Å². The molecule has 3 rings (SSSR count). The Morgan fingerprint density at radius 1 is 1.44 bits per heavy atom. The molecule has 0 aliphatic rings. The summed E-state index contributed by atoms with van der Waals surface area (Å²) in [6.45, 7) is 11.3. The van der Waals surface area contributed by atoms with E-state index < -0.39 is 0 Å². The fourth-order valence-corrected chi connectivity index (χ4v) is 4.32. The van der Waals surface area contributed by atoms with E-state index in [0.717, 1.165) is 16.6 Å². The number of carbonyl (C=O) groups excluding carboxylic acids is 1. The van der Waals surface area contributed by atoms with Gasteiger partial charge in [0, 0.05) is 59.7 Å². The van der Waals surface area contributed by atoms with Crippen LogP contribution in [0.4, 0.5) is 5.82 Å². The highest BCUT2D eigenvalue weighted by Gasteiger charge is 2.20. The molecule has 172 valence electrons. The standard InChI is InChI=1S/C19H19ClIN5O3S.C2H6/c1-5-29-16-11(3)24-17(25-18(16)23-10(2)6-15(27)28-4)14-9-26(30-21)19-13(14)7-12(20)8-22-19;1-2/h5,7-10H,1,6H2,2-4H3,(H,23,24,25);1-2H3. The molecule has 11 heteroatoms. The molecule has 0 saturated carbocycles. The van der Waals surface area contributed by atoms with E-state index in [1.54, 1.807) is 6.20 Å². The van der Waals surface area contributed by atoms with Crippen molar-refractivity contribution in [3.8, 4) is 17.1 Å². The van der Waals surface area contributed by atoms with Crippen LogP contribution in [-0.2, 0) is 9.53 Å². The maximum absolute atomic E-state index is 11.6. The minimum absolute atomic E-state index is 0.173. The van der Waals surface area contributed by atoms with E-state index in [-0.39, 0.29) is 18.4 Å². The van der Waals surface area contributed by atoms with Crippen molar-refractivity contribution in [2.45, 2.75) is 40.2 Å². The third kappa shape index (κ3) is 6.04. The number of pyridine rings is 1. The molecule has 0 aliphatic carbocycles. The summed E-state index contributed by atoms with van der Waals surface area (Å²) in [4.78, 5) is 25.4. The normalized spacial score (nSPS) is 11.3. The fourth-order valence-electron chi connectivity index (χ4n) is 2.91. The number of nitrogens with zero attached hydrogens (tertiary/aromatic N) is 4. The molecule has 1 atom stereocenters. The maximum atomic E-state index is 11.6. The predicted octanol–water partition coefficient (Wildman–Crippen LogP) is 6.21. The Morgan fingerprint density at radius 2 is 2.16 bits per heavy atom. The summed E-state index contributed by atoms with van der Waals surface area (Å²) in [6.07, 6.45) is 5.00. The molecule has 32 heavy (non-hydrogen) atoms. The van der Waals surface area contributed by atoms with Gasteiger partial charge >= 0.3 is 5.97 Å². The molecule has 0 bridgehead atoms. The lowest BCUT2D eigenvalue weighted by Crippen LogP contribution is -2.21. The Morgan fingerprint density at radius 3 is 2.78 bits per heavy atom. The quantitative estimate of drug-likeness (QED) is 0.188. The van der Waals surface area contributed by atoms with Gasteiger partial charge in [-0.1, -0.05) is 32.0 Å². The second-order valence-corrected chi connectivity index (χ2v) is 8.53. The van der Waals surface area contributed by atoms with E-state index >= 15 is 0 Å². The molecule has 0 fully saturated rings. The van der Waals surface area contributed by atoms with Gasteiger partial charge in [0.15, 0.2) is 23.0 Å². The third-order valence-electron chi connectivity index (χ3n) is 4.21. The highest BCUT2D eigenvalue weighted by molar-refractivity contribution is 14.2. The SMILES string of the molecule is C=COc1c(C)nc(-c2cn(SI)c3ncc(Cl)cc23)nc1NC(C)CC(=O)OC.CC. The first-order chi connectivity index (χ1) is 15.4. The lowest BCUT2D eigenvalue weighted by Gasteiger charge is -2.17. The zero-order chi connectivity index (χ0) is 23.8. The number of fused-ring (bicyclic) bond motifs is 1. The van der Waals surface area contributed by atoms with Crippen molar-refractivity contribution >= 4 is 64.7 Å². The van der Waals surface area contributed by atoms with Gasteiger partial charge in [-0.2, -0.15) is 0 Å². The van der Waals surface area contributed by atoms with Crippen LogP contribution < -0.4 is 10.1 Å². The van der Waals surface area contributed by atoms with Crippen LogP contribution in [0.5, 0.6) is 5.75 Å². The van der Waals surface area contributed by atoms with E-state index in [1.807, 2.05) is 43.9 Å². The lowest BCUT2D eigenvalue weighted by atomic mass is 10.2. The summed E-state index contributed by atoms with van der Waals surface area (Å²) >= 11 is 8.36. The molecule has 0 radical (unpaired) electrons. The molecule has 3 aromatic heterocycles. The van der Waals surface area contributed by atoms with Crippen LogP contribution in [0.2, 0.25) is 5.02 Å². The number of esters is 1. The number of methoxy groups -OCH3 is 1. The van der Waals surface area contributed by atoms with Crippen molar-refractivity contribution in [2.24, 2.45) is 0 Å². The zero-order valence-electron chi connectivity index (χ0n) is 18.5. The van der Waals surface area contributed by atoms with Gasteiger partial charge in [0.1, 0.15) is 0 Å². The first kappa shape index (κ1) is 26.2. The molecular weight excluding hydrogens is 565 g/mol. The predicted molar refractivity (Wildman–Crippen MR) is 139 cm³/mol. The van der Waals surface area contributed by atoms with E-state index in [1.165, 1.54) is 22.5 Å². The Bertz CT molecular complexity index is 1110. The minimum Gasteiger partial charge on any atom is -0.469 e. The van der Waals surface area contributed by atoms with Crippen molar-refractivity contribution in [2.75, 3.05) is 12.4 Å². The van der Waals surface area contributed by atoms with Crippen molar-refractivity contribution in [1.82, 2.24) is 18.9 Å². The summed E-state index contributed by atoms with van der Waals surface area (Å²) in [7, 11) is 2.84. The summed E-state index contributed by atoms with van der Waals surface area (Å²) in [5, 5.41) is 4.56. The van der Waals surface area contributed by atoms with Crippen molar-refractivity contribution in [3.05, 3.63) is 42.0 Å². The fraction of sp³-hybridized carbons (Fsp3) is 0.333. The number of rotatable bonds is 8. The van der Waals surface area contributed by atoms with Gasteiger partial charge < -0.3 is 14.8 Å². The third-order valence-corrected chi connectivity index (χ3v) is 6.12. The van der Waals surface area contributed by atoms with Crippen LogP contribution in [0.25, 0.3) is 22.4 Å². The van der Waals surface area contributed by atoms with Crippen LogP contribution in [0.15, 0.2) is 31.3 Å². The maximum Gasteiger partial charge on any atom is 0.307 e. The first-order valence-corrected chi connectivity index (χ1v) is 13.5. The van der Waals surface area contributed by atoms with Crippen molar-refractivity contribution < 1.29 is 14.3 Å². The van der Waals surface area contributed by atoms with Crippen LogP contribution in [-0.4, -0.2) is 38.0 Å². The van der Waals surface area contributed by atoms with Crippen LogP contribution in [0.3, 0.4) is 0 Å². The van der Waals surface area contributed by atoms with Gasteiger partial charge in [-0.25, -0.2) is 15.0 Å². The Hall–Kier alpha value is -2.05. The van der Waals surface area contributed by atoms with Gasteiger partial charge in [0.2, 0.25) is 0 Å². The largest absolute Gasteiger partial charge is 0.469 e. The molecule has 1 unspecified atom stereocenters. The van der Waals surface area contributed by atoms with Gasteiger partial charge in [0.05, 0.1) is 30.5 Å². The van der Waals surface area contributed by atoms with E-state index in [9.17, 15) is 4.79 Å². The van der Waals surface area contributed by atoms with Crippen molar-refractivity contribution in [1.29, 1.82) is 0 Å². The number of ether oxygens (including phenoxy) is 2. The second-order valence-electron chi connectivity index (χ2n) is 6.38. The Balaban J connectivity index is 0.00000176. The van der Waals surface area contributed by atoms with Crippen LogP contribution in [0, 0.1) is 6.92 Å². The highest BCUT2D eigenvalue weighted by atomic mass is 127. The molecule has 0 aromatic carbocycles. The molecule has 0 amide bonds. The topological polar surface area (TPSA) is 91.2 Å². The monoisotopic (exact) mass is 589 g/mol. The van der Waals surface area contributed by atoms with Gasteiger partial charge in [-0.05, 0) is 19.9 Å². The Labute approximate surface area is 208 Å². The number of nitrogens with one attached hydrogen (secondary N) is 1. The molecular formula is C21H25ClIN5O3S. The number of anilines is 1. The highest BCUT2D eigenvalue weighted by Crippen LogP contribution is 2.36. The second kappa shape index (κ2) is 12.3. The van der Waals surface area contributed by atoms with Gasteiger partial charge in [-0.15, -0.1) is 0 Å². The summed E-state index contributed by atoms with van der Waals surface area (Å²) in [5.41, 5.74) is 2.15. The molecule has 0 spiro atoms. The number of hydrogen-bond acceptors (Lipinski definition) is 8. The van der Waals surface area contributed by atoms with E-state index in [2.05, 4.69) is 48.1 Å². The molecule has 1 N–H and O–H groups in total. The number of hydrogen-bond donors (Lipinski definition) is 1. The summed E-state index contributed by atoms with van der Waals surface area (Å²) in [5.74, 6) is 1.05. The molecule has 3 heterocycles. The van der Waals surface area contributed by atoms with E-state index in [0.29, 0.717) is 28.1 Å².